The summed E-state index contributed by atoms with van der Waals surface area (Å²) in [6.45, 7) is 1.79. The van der Waals surface area contributed by atoms with Gasteiger partial charge < -0.3 is 10.1 Å². The molecule has 4 aromatic rings. The topological polar surface area (TPSA) is 77.8 Å². The molecule has 0 saturated carbocycles. The van der Waals surface area contributed by atoms with E-state index in [1.165, 1.54) is 0 Å². The quantitative estimate of drug-likeness (QED) is 0.492. The first-order valence-electron chi connectivity index (χ1n) is 7.88. The summed E-state index contributed by atoms with van der Waals surface area (Å²) in [6.07, 6.45) is 1.83. The normalized spacial score (nSPS) is 11.6. The lowest BCUT2D eigenvalue weighted by Crippen LogP contribution is -1.93. The summed E-state index contributed by atoms with van der Waals surface area (Å²) < 4.78 is 0. The highest BCUT2D eigenvalue weighted by Crippen LogP contribution is 2.35. The average molecular weight is 329 g/mol. The van der Waals surface area contributed by atoms with Crippen LogP contribution in [-0.4, -0.2) is 16.0 Å². The summed E-state index contributed by atoms with van der Waals surface area (Å²) in [5.74, 6) is -0.184. The maximum absolute atomic E-state index is 12.4. The molecular formula is C20H15N3O2. The third-order valence-corrected chi connectivity index (χ3v) is 4.23. The molecule has 0 bridgehead atoms. The molecule has 5 heteroatoms. The molecule has 25 heavy (non-hydrogen) atoms. The van der Waals surface area contributed by atoms with Crippen LogP contribution < -0.4 is 0 Å². The summed E-state index contributed by atoms with van der Waals surface area (Å²) in [6, 6.07) is 16.4. The van der Waals surface area contributed by atoms with Gasteiger partial charge in [-0.2, -0.15) is 0 Å². The van der Waals surface area contributed by atoms with Gasteiger partial charge in [-0.15, -0.1) is 10.2 Å². The number of phenolic OH excluding ortho intramolecular Hbond substituents is 1. The van der Waals surface area contributed by atoms with E-state index in [4.69, 9.17) is 0 Å². The van der Waals surface area contributed by atoms with E-state index in [-0.39, 0.29) is 5.75 Å². The maximum Gasteiger partial charge on any atom is 0.295 e. The summed E-state index contributed by atoms with van der Waals surface area (Å²) in [7, 11) is 0. The van der Waals surface area contributed by atoms with Crippen LogP contribution in [0.4, 0.5) is 5.69 Å². The highest BCUT2D eigenvalue weighted by atomic mass is 16.3. The van der Waals surface area contributed by atoms with Gasteiger partial charge >= 0.3 is 0 Å². The minimum absolute atomic E-state index is 0.221. The fraction of sp³-hybridized carbons (Fsp3) is 0.0500. The monoisotopic (exact) mass is 329 g/mol. The van der Waals surface area contributed by atoms with Gasteiger partial charge in [-0.25, -0.2) is 0 Å². The number of H-pyrrole nitrogens is 1. The van der Waals surface area contributed by atoms with Gasteiger partial charge in [-0.05, 0) is 42.8 Å². The standard InChI is InChI=1S/C20H15N3O2/c1-12-10-18(15-4-2-3-5-16(15)19(12)24)22-23-20(25)14-6-7-17-13(11-14)8-9-21-17/h2-11,21,24H,1H3. The molecule has 1 aromatic heterocycles. The van der Waals surface area contributed by atoms with Crippen LogP contribution in [0.25, 0.3) is 21.7 Å². The SMILES string of the molecule is Cc1cc(N=NC(=O)c2ccc3[nH]ccc3c2)c2ccccc2c1O. The Morgan fingerprint density at radius 1 is 1.04 bits per heavy atom. The minimum Gasteiger partial charge on any atom is -0.507 e. The predicted molar refractivity (Wildman–Crippen MR) is 97.5 cm³/mol. The number of carbonyl (C=O) groups excluding carboxylic acids is 1. The second kappa shape index (κ2) is 5.87. The Morgan fingerprint density at radius 2 is 1.84 bits per heavy atom. The number of hydrogen-bond acceptors (Lipinski definition) is 3. The molecule has 4 rings (SSSR count). The van der Waals surface area contributed by atoms with E-state index in [2.05, 4.69) is 15.2 Å². The fourth-order valence-corrected chi connectivity index (χ4v) is 2.90. The van der Waals surface area contributed by atoms with Crippen LogP contribution in [0.15, 0.2) is 71.0 Å². The van der Waals surface area contributed by atoms with Crippen molar-refractivity contribution < 1.29 is 9.90 Å². The lowest BCUT2D eigenvalue weighted by atomic mass is 10.0. The number of amides is 1. The lowest BCUT2D eigenvalue weighted by molar-refractivity contribution is 0.0995. The summed E-state index contributed by atoms with van der Waals surface area (Å²) in [5.41, 5.74) is 2.69. The number of carbonyl (C=O) groups is 1. The van der Waals surface area contributed by atoms with Crippen molar-refractivity contribution in [2.24, 2.45) is 10.2 Å². The van der Waals surface area contributed by atoms with E-state index in [1.807, 2.05) is 42.6 Å². The van der Waals surface area contributed by atoms with Crippen molar-refractivity contribution in [1.82, 2.24) is 4.98 Å². The van der Waals surface area contributed by atoms with Gasteiger partial charge in [0.05, 0.1) is 5.69 Å². The number of fused-ring (bicyclic) bond motifs is 2. The van der Waals surface area contributed by atoms with Crippen LogP contribution in [0.2, 0.25) is 0 Å². The zero-order chi connectivity index (χ0) is 17.4. The molecule has 0 aliphatic rings. The molecule has 0 atom stereocenters. The first-order valence-corrected chi connectivity index (χ1v) is 7.88. The van der Waals surface area contributed by atoms with Crippen LogP contribution in [-0.2, 0) is 0 Å². The molecule has 0 aliphatic heterocycles. The molecule has 0 fully saturated rings. The van der Waals surface area contributed by atoms with Crippen LogP contribution in [0, 0.1) is 6.92 Å². The van der Waals surface area contributed by atoms with Gasteiger partial charge in [0, 0.05) is 33.4 Å². The van der Waals surface area contributed by atoms with Crippen LogP contribution in [0.5, 0.6) is 5.75 Å². The number of azo groups is 1. The zero-order valence-corrected chi connectivity index (χ0v) is 13.5. The van der Waals surface area contributed by atoms with Crippen molar-refractivity contribution in [3.63, 3.8) is 0 Å². The molecule has 0 spiro atoms. The molecule has 3 aromatic carbocycles. The van der Waals surface area contributed by atoms with Crippen LogP contribution >= 0.6 is 0 Å². The highest BCUT2D eigenvalue weighted by Gasteiger charge is 2.10. The number of benzene rings is 3. The van der Waals surface area contributed by atoms with Crippen molar-refractivity contribution >= 4 is 33.3 Å². The Hall–Kier alpha value is -3.47. The van der Waals surface area contributed by atoms with E-state index in [0.717, 1.165) is 16.3 Å². The highest BCUT2D eigenvalue weighted by molar-refractivity contribution is 6.00. The van der Waals surface area contributed by atoms with Crippen molar-refractivity contribution in [1.29, 1.82) is 0 Å². The lowest BCUT2D eigenvalue weighted by Gasteiger charge is -2.06. The number of nitrogens with zero attached hydrogens (tertiary/aromatic N) is 2. The van der Waals surface area contributed by atoms with E-state index in [1.54, 1.807) is 25.1 Å². The largest absolute Gasteiger partial charge is 0.507 e. The molecule has 0 saturated heterocycles. The molecule has 1 amide bonds. The van der Waals surface area contributed by atoms with Crippen LogP contribution in [0.3, 0.4) is 0 Å². The Bertz CT molecular complexity index is 1140. The molecule has 5 nitrogen and oxygen atoms in total. The van der Waals surface area contributed by atoms with Crippen molar-refractivity contribution in [3.05, 3.63) is 71.9 Å². The van der Waals surface area contributed by atoms with Crippen LogP contribution in [0.1, 0.15) is 15.9 Å². The van der Waals surface area contributed by atoms with Gasteiger partial charge in [0.1, 0.15) is 5.75 Å². The number of hydrogen-bond donors (Lipinski definition) is 2. The predicted octanol–water partition coefficient (Wildman–Crippen LogP) is 5.26. The number of nitrogens with one attached hydrogen (secondary N) is 1. The number of aromatic hydroxyl groups is 1. The first kappa shape index (κ1) is 15.1. The summed E-state index contributed by atoms with van der Waals surface area (Å²) in [5, 5.41) is 20.6. The molecule has 0 radical (unpaired) electrons. The molecule has 0 unspecified atom stereocenters. The molecular weight excluding hydrogens is 314 g/mol. The minimum atomic E-state index is -0.405. The average Bonchev–Trinajstić information content (AvgIpc) is 3.11. The molecule has 122 valence electrons. The maximum atomic E-state index is 12.4. The smallest absolute Gasteiger partial charge is 0.295 e. The summed E-state index contributed by atoms with van der Waals surface area (Å²) >= 11 is 0. The van der Waals surface area contributed by atoms with Gasteiger partial charge in [-0.3, -0.25) is 4.79 Å². The van der Waals surface area contributed by atoms with Crippen molar-refractivity contribution in [2.75, 3.05) is 0 Å². The molecule has 1 heterocycles. The van der Waals surface area contributed by atoms with Gasteiger partial charge in [-0.1, -0.05) is 24.3 Å². The van der Waals surface area contributed by atoms with Crippen molar-refractivity contribution in [2.45, 2.75) is 6.92 Å². The Kier molecular flexibility index (Phi) is 3.54. The number of aromatic nitrogens is 1. The Balaban J connectivity index is 1.73. The Labute approximate surface area is 143 Å². The van der Waals surface area contributed by atoms with Gasteiger partial charge in [0.25, 0.3) is 5.91 Å². The van der Waals surface area contributed by atoms with E-state index < -0.39 is 5.91 Å². The van der Waals surface area contributed by atoms with Crippen molar-refractivity contribution in [3.8, 4) is 5.75 Å². The Morgan fingerprint density at radius 3 is 2.68 bits per heavy atom. The number of aryl methyl sites for hydroxylation is 1. The van der Waals surface area contributed by atoms with E-state index in [9.17, 15) is 9.90 Å². The van der Waals surface area contributed by atoms with Gasteiger partial charge in [0.15, 0.2) is 0 Å². The second-order valence-corrected chi connectivity index (χ2v) is 5.89. The summed E-state index contributed by atoms with van der Waals surface area (Å²) in [4.78, 5) is 15.4. The van der Waals surface area contributed by atoms with Gasteiger partial charge in [0.2, 0.25) is 0 Å². The zero-order valence-electron chi connectivity index (χ0n) is 13.5. The third-order valence-electron chi connectivity index (χ3n) is 4.23. The van der Waals surface area contributed by atoms with E-state index >= 15 is 0 Å². The number of rotatable bonds is 2. The second-order valence-electron chi connectivity index (χ2n) is 5.89. The van der Waals surface area contributed by atoms with E-state index in [0.29, 0.717) is 22.2 Å². The third kappa shape index (κ3) is 2.65. The number of aromatic amines is 1. The first-order chi connectivity index (χ1) is 12.1. The molecule has 0 aliphatic carbocycles. The number of phenols is 1. The molecule has 2 N–H and O–H groups in total. The fourth-order valence-electron chi connectivity index (χ4n) is 2.90.